The number of hydroxylamine groups is 1. The molecule has 2 rings (SSSR count). The predicted octanol–water partition coefficient (Wildman–Crippen LogP) is 4.61. The highest BCUT2D eigenvalue weighted by molar-refractivity contribution is 7.85. The van der Waals surface area contributed by atoms with Crippen molar-refractivity contribution >= 4 is 33.9 Å². The molecule has 0 saturated heterocycles. The third kappa shape index (κ3) is 14.4. The second-order valence-corrected chi connectivity index (χ2v) is 13.7. The minimum absolute atomic E-state index is 0.0666. The lowest BCUT2D eigenvalue weighted by atomic mass is 9.82. The van der Waals surface area contributed by atoms with E-state index in [2.05, 4.69) is 5.43 Å². The molecule has 2 aromatic rings. The molecule has 0 aromatic heterocycles. The molecule has 12 heteroatoms. The molecule has 0 saturated carbocycles. The van der Waals surface area contributed by atoms with Crippen LogP contribution in [0.4, 0.5) is 0 Å². The summed E-state index contributed by atoms with van der Waals surface area (Å²) >= 11 is 0. The van der Waals surface area contributed by atoms with Gasteiger partial charge in [0.25, 0.3) is 16.0 Å². The Morgan fingerprint density at radius 2 is 1.47 bits per heavy atom. The summed E-state index contributed by atoms with van der Waals surface area (Å²) in [6.07, 6.45) is 4.35. The van der Waals surface area contributed by atoms with Crippen LogP contribution in [-0.4, -0.2) is 53.5 Å². The zero-order valence-electron chi connectivity index (χ0n) is 27.3. The summed E-state index contributed by atoms with van der Waals surface area (Å²) < 4.78 is 29.6. The van der Waals surface area contributed by atoms with E-state index in [0.717, 1.165) is 11.1 Å². The number of benzene rings is 2. The summed E-state index contributed by atoms with van der Waals surface area (Å²) in [6, 6.07) is 14.8. The number of carbonyl (C=O) groups is 3. The van der Waals surface area contributed by atoms with E-state index in [1.54, 1.807) is 17.6 Å². The fraction of sp³-hybridized carbons (Fsp3) is 0.485. The molecule has 0 aliphatic rings. The number of nitrogens with two attached hydrogens (primary N) is 1. The second-order valence-electron chi connectivity index (χ2n) is 12.2. The van der Waals surface area contributed by atoms with Crippen LogP contribution in [0.3, 0.4) is 0 Å². The molecule has 0 spiro atoms. The standard InChI is InChI=1S/C26H42N4O4.C7H8O3S/c1-17(2)15-22(21(25(32)29-34)14-10-13-20-11-8-7-9-12-20)24(31)28-30(16-18(3)4)26(33)23(27)19(5)6;1-6-2-4-7(5-3-6)11(8,9)10/h7-13,17-19,21-23,34H,14-16,27H2,1-6H3,(H,28,31)(H,29,32);2-5H,1H3,(H,8,9,10)/b13-10+;/t21-,22+,23+;/m0./s1. The molecule has 0 heterocycles. The van der Waals surface area contributed by atoms with Gasteiger partial charge in [-0.15, -0.1) is 0 Å². The summed E-state index contributed by atoms with van der Waals surface area (Å²) in [5, 5.41) is 10.6. The van der Waals surface area contributed by atoms with Gasteiger partial charge in [0.05, 0.1) is 22.8 Å². The minimum atomic E-state index is -4.02. The van der Waals surface area contributed by atoms with Crippen molar-refractivity contribution in [2.24, 2.45) is 35.3 Å². The van der Waals surface area contributed by atoms with Crippen molar-refractivity contribution in [2.75, 3.05) is 6.54 Å². The number of nitrogens with zero attached hydrogens (tertiary/aromatic N) is 1. The first-order chi connectivity index (χ1) is 21.0. The quantitative estimate of drug-likeness (QED) is 0.119. The van der Waals surface area contributed by atoms with E-state index in [1.165, 1.54) is 17.1 Å². The number of hydrogen-bond acceptors (Lipinski definition) is 7. The van der Waals surface area contributed by atoms with Crippen LogP contribution in [0, 0.1) is 36.5 Å². The highest BCUT2D eigenvalue weighted by atomic mass is 32.2. The van der Waals surface area contributed by atoms with Gasteiger partial charge < -0.3 is 5.73 Å². The highest BCUT2D eigenvalue weighted by Gasteiger charge is 2.35. The van der Waals surface area contributed by atoms with Crippen molar-refractivity contribution in [3.63, 3.8) is 0 Å². The molecular weight excluding hydrogens is 596 g/mol. The van der Waals surface area contributed by atoms with Crippen LogP contribution in [0.25, 0.3) is 6.08 Å². The van der Waals surface area contributed by atoms with E-state index < -0.39 is 39.8 Å². The van der Waals surface area contributed by atoms with E-state index >= 15 is 0 Å². The van der Waals surface area contributed by atoms with Crippen molar-refractivity contribution in [2.45, 2.75) is 72.2 Å². The summed E-state index contributed by atoms with van der Waals surface area (Å²) in [5.41, 5.74) is 12.4. The van der Waals surface area contributed by atoms with Gasteiger partial charge in [-0.25, -0.2) is 5.48 Å². The molecule has 6 N–H and O–H groups in total. The molecule has 0 aliphatic heterocycles. The fourth-order valence-corrected chi connectivity index (χ4v) is 4.84. The van der Waals surface area contributed by atoms with Gasteiger partial charge in [0, 0.05) is 6.54 Å². The maximum absolute atomic E-state index is 13.4. The summed E-state index contributed by atoms with van der Waals surface area (Å²) in [7, 11) is -4.02. The Morgan fingerprint density at radius 3 is 1.93 bits per heavy atom. The van der Waals surface area contributed by atoms with E-state index in [0.29, 0.717) is 13.0 Å². The predicted molar refractivity (Wildman–Crippen MR) is 175 cm³/mol. The number of hydrazine groups is 1. The number of rotatable bonds is 13. The first-order valence-electron chi connectivity index (χ1n) is 15.0. The molecule has 0 fully saturated rings. The molecule has 11 nitrogen and oxygen atoms in total. The lowest BCUT2D eigenvalue weighted by Gasteiger charge is -2.32. The van der Waals surface area contributed by atoms with Crippen molar-refractivity contribution in [3.8, 4) is 0 Å². The fourth-order valence-electron chi connectivity index (χ4n) is 4.36. The second kappa shape index (κ2) is 19.1. The van der Waals surface area contributed by atoms with E-state index in [-0.39, 0.29) is 35.0 Å². The zero-order valence-corrected chi connectivity index (χ0v) is 28.1. The number of allylic oxidation sites excluding steroid dienone is 1. The lowest BCUT2D eigenvalue weighted by Crippen LogP contribution is -2.57. The average Bonchev–Trinajstić information content (AvgIpc) is 2.97. The van der Waals surface area contributed by atoms with Gasteiger partial charge in [0.2, 0.25) is 11.8 Å². The number of nitrogens with one attached hydrogen (secondary N) is 2. The highest BCUT2D eigenvalue weighted by Crippen LogP contribution is 2.26. The number of hydrogen-bond donors (Lipinski definition) is 5. The van der Waals surface area contributed by atoms with Crippen LogP contribution in [0.15, 0.2) is 65.6 Å². The van der Waals surface area contributed by atoms with Gasteiger partial charge in [0.15, 0.2) is 0 Å². The first-order valence-corrected chi connectivity index (χ1v) is 16.5. The van der Waals surface area contributed by atoms with Crippen LogP contribution >= 0.6 is 0 Å². The normalized spacial score (nSPS) is 13.6. The Bertz CT molecular complexity index is 1340. The van der Waals surface area contributed by atoms with Gasteiger partial charge in [-0.1, -0.05) is 102 Å². The first kappa shape index (κ1) is 39.4. The third-order valence-corrected chi connectivity index (χ3v) is 7.74. The topological polar surface area (TPSA) is 179 Å². The molecule has 45 heavy (non-hydrogen) atoms. The van der Waals surface area contributed by atoms with Crippen molar-refractivity contribution in [1.82, 2.24) is 15.9 Å². The van der Waals surface area contributed by atoms with E-state index in [1.807, 2.05) is 91.0 Å². The molecule has 250 valence electrons. The Morgan fingerprint density at radius 1 is 0.889 bits per heavy atom. The van der Waals surface area contributed by atoms with Gasteiger partial charge in [0.1, 0.15) is 0 Å². The van der Waals surface area contributed by atoms with Crippen LogP contribution in [0.1, 0.15) is 65.5 Å². The maximum Gasteiger partial charge on any atom is 0.294 e. The van der Waals surface area contributed by atoms with Crippen LogP contribution in [-0.2, 0) is 24.5 Å². The molecular formula is C33H50N4O7S. The smallest absolute Gasteiger partial charge is 0.294 e. The molecule has 3 amide bonds. The largest absolute Gasteiger partial charge is 0.320 e. The Kier molecular flexibility index (Phi) is 16.7. The molecule has 0 bridgehead atoms. The molecule has 2 aromatic carbocycles. The summed E-state index contributed by atoms with van der Waals surface area (Å²) in [5.74, 6) is -2.92. The van der Waals surface area contributed by atoms with Gasteiger partial charge in [-0.3, -0.25) is 34.6 Å². The molecule has 3 atom stereocenters. The van der Waals surface area contributed by atoms with Gasteiger partial charge >= 0.3 is 0 Å². The van der Waals surface area contributed by atoms with Crippen LogP contribution in [0.5, 0.6) is 0 Å². The maximum atomic E-state index is 13.4. The van der Waals surface area contributed by atoms with Gasteiger partial charge in [-0.2, -0.15) is 8.42 Å². The van der Waals surface area contributed by atoms with E-state index in [9.17, 15) is 28.0 Å². The Balaban J connectivity index is 0.000000768. The number of amides is 3. The van der Waals surface area contributed by atoms with Gasteiger partial charge in [-0.05, 0) is 55.2 Å². The SMILES string of the molecule is CC(C)C[C@@H](C(=O)NN(CC(C)C)C(=O)[C@H](N)C(C)C)[C@H](C/C=C/c1ccccc1)C(=O)NO.Cc1ccc(S(=O)(=O)O)cc1. The average molecular weight is 647 g/mol. The van der Waals surface area contributed by atoms with Crippen molar-refractivity contribution in [3.05, 3.63) is 71.8 Å². The minimum Gasteiger partial charge on any atom is -0.320 e. The molecule has 0 unspecified atom stereocenters. The third-order valence-electron chi connectivity index (χ3n) is 6.88. The Hall–Kier alpha value is -3.58. The number of aryl methyl sites for hydroxylation is 1. The summed E-state index contributed by atoms with van der Waals surface area (Å²) in [4.78, 5) is 38.9. The number of carbonyl (C=O) groups excluding carboxylic acids is 3. The molecule has 0 aliphatic carbocycles. The monoisotopic (exact) mass is 646 g/mol. The molecule has 0 radical (unpaired) electrons. The van der Waals surface area contributed by atoms with Crippen molar-refractivity contribution in [1.29, 1.82) is 0 Å². The van der Waals surface area contributed by atoms with Crippen LogP contribution in [0.2, 0.25) is 0 Å². The lowest BCUT2D eigenvalue weighted by molar-refractivity contribution is -0.148. The zero-order chi connectivity index (χ0) is 34.3. The van der Waals surface area contributed by atoms with Crippen LogP contribution < -0.4 is 16.6 Å². The summed E-state index contributed by atoms with van der Waals surface area (Å²) in [6.45, 7) is 13.6. The Labute approximate surface area is 267 Å². The van der Waals surface area contributed by atoms with Crippen molar-refractivity contribution < 1.29 is 32.6 Å². The van der Waals surface area contributed by atoms with E-state index in [4.69, 9.17) is 10.3 Å².